The Kier molecular flexibility index (Phi) is 4.29. The van der Waals surface area contributed by atoms with E-state index in [9.17, 15) is 9.59 Å². The van der Waals surface area contributed by atoms with E-state index in [-0.39, 0.29) is 5.91 Å². The van der Waals surface area contributed by atoms with Crippen molar-refractivity contribution in [1.29, 1.82) is 0 Å². The van der Waals surface area contributed by atoms with Gasteiger partial charge in [0.2, 0.25) is 5.91 Å². The number of hydrogen-bond donors (Lipinski definition) is 3. The molecule has 1 atom stereocenters. The third kappa shape index (κ3) is 3.81. The number of carbonyl (C=O) groups excluding carboxylic acids is 1. The average molecular weight is 228 g/mol. The van der Waals surface area contributed by atoms with Gasteiger partial charge in [0.15, 0.2) is 0 Å². The van der Waals surface area contributed by atoms with Crippen LogP contribution in [-0.2, 0) is 9.59 Å². The van der Waals surface area contributed by atoms with Crippen LogP contribution in [0.1, 0.15) is 33.1 Å². The van der Waals surface area contributed by atoms with E-state index in [4.69, 9.17) is 5.11 Å². The van der Waals surface area contributed by atoms with Crippen LogP contribution in [-0.4, -0.2) is 35.6 Å². The molecule has 3 N–H and O–H groups in total. The van der Waals surface area contributed by atoms with Gasteiger partial charge < -0.3 is 15.7 Å². The fourth-order valence-electron chi connectivity index (χ4n) is 1.76. The smallest absolute Gasteiger partial charge is 0.328 e. The molecule has 1 rings (SSSR count). The molecule has 1 aliphatic heterocycles. The van der Waals surface area contributed by atoms with Gasteiger partial charge in [-0.2, -0.15) is 0 Å². The minimum absolute atomic E-state index is 0.181. The van der Waals surface area contributed by atoms with Crippen molar-refractivity contribution in [3.05, 3.63) is 0 Å². The zero-order valence-electron chi connectivity index (χ0n) is 9.88. The summed E-state index contributed by atoms with van der Waals surface area (Å²) in [5.74, 6) is -0.638. The van der Waals surface area contributed by atoms with Gasteiger partial charge in [0.1, 0.15) is 5.54 Å². The summed E-state index contributed by atoms with van der Waals surface area (Å²) in [6.45, 7) is 4.97. The molecule has 1 aliphatic rings. The summed E-state index contributed by atoms with van der Waals surface area (Å²) in [5, 5.41) is 14.6. The maximum Gasteiger partial charge on any atom is 0.328 e. The van der Waals surface area contributed by atoms with Gasteiger partial charge in [0.05, 0.1) is 0 Å². The Labute approximate surface area is 95.6 Å². The van der Waals surface area contributed by atoms with E-state index in [2.05, 4.69) is 10.6 Å². The van der Waals surface area contributed by atoms with Crippen LogP contribution in [0.15, 0.2) is 0 Å². The maximum absolute atomic E-state index is 11.5. The lowest BCUT2D eigenvalue weighted by Gasteiger charge is -2.21. The molecule has 1 unspecified atom stereocenters. The largest absolute Gasteiger partial charge is 0.480 e. The second-order valence-corrected chi connectivity index (χ2v) is 4.88. The zero-order chi connectivity index (χ0) is 12.2. The first-order valence-electron chi connectivity index (χ1n) is 5.67. The summed E-state index contributed by atoms with van der Waals surface area (Å²) in [4.78, 5) is 22.3. The number of amides is 1. The first-order chi connectivity index (χ1) is 7.42. The minimum atomic E-state index is -1.18. The first-order valence-corrected chi connectivity index (χ1v) is 5.67. The van der Waals surface area contributed by atoms with Gasteiger partial charge in [-0.15, -0.1) is 0 Å². The monoisotopic (exact) mass is 228 g/mol. The van der Waals surface area contributed by atoms with Crippen LogP contribution in [0.2, 0.25) is 0 Å². The summed E-state index contributed by atoms with van der Waals surface area (Å²) in [5.41, 5.74) is -1.18. The molecule has 5 heteroatoms. The minimum Gasteiger partial charge on any atom is -0.480 e. The SMILES string of the molecule is CC(C)(NC(=O)CCC1CCNC1)C(=O)O. The quantitative estimate of drug-likeness (QED) is 0.634. The van der Waals surface area contributed by atoms with Crippen LogP contribution in [0.5, 0.6) is 0 Å². The molecule has 0 radical (unpaired) electrons. The van der Waals surface area contributed by atoms with Crippen molar-refractivity contribution in [2.45, 2.75) is 38.6 Å². The van der Waals surface area contributed by atoms with Gasteiger partial charge >= 0.3 is 5.97 Å². The van der Waals surface area contributed by atoms with Crippen LogP contribution >= 0.6 is 0 Å². The van der Waals surface area contributed by atoms with Crippen molar-refractivity contribution in [2.75, 3.05) is 13.1 Å². The first kappa shape index (κ1) is 13.0. The van der Waals surface area contributed by atoms with Gasteiger partial charge in [-0.1, -0.05) is 0 Å². The Morgan fingerprint density at radius 3 is 2.69 bits per heavy atom. The highest BCUT2D eigenvalue weighted by atomic mass is 16.4. The van der Waals surface area contributed by atoms with E-state index in [1.54, 1.807) is 0 Å². The van der Waals surface area contributed by atoms with Crippen molar-refractivity contribution in [2.24, 2.45) is 5.92 Å². The van der Waals surface area contributed by atoms with Gasteiger partial charge in [0, 0.05) is 6.42 Å². The van der Waals surface area contributed by atoms with Crippen molar-refractivity contribution < 1.29 is 14.7 Å². The number of hydrogen-bond acceptors (Lipinski definition) is 3. The molecule has 0 bridgehead atoms. The number of rotatable bonds is 5. The Hall–Kier alpha value is -1.10. The molecule has 0 aromatic carbocycles. The van der Waals surface area contributed by atoms with E-state index in [1.165, 1.54) is 13.8 Å². The third-order valence-electron chi connectivity index (χ3n) is 2.93. The highest BCUT2D eigenvalue weighted by molar-refractivity contribution is 5.86. The summed E-state index contributed by atoms with van der Waals surface area (Å²) in [7, 11) is 0. The van der Waals surface area contributed by atoms with Gasteiger partial charge in [-0.25, -0.2) is 4.79 Å². The molecule has 5 nitrogen and oxygen atoms in total. The highest BCUT2D eigenvalue weighted by Gasteiger charge is 2.29. The Bertz CT molecular complexity index is 270. The second kappa shape index (κ2) is 5.30. The summed E-state index contributed by atoms with van der Waals surface area (Å²) < 4.78 is 0. The number of nitrogens with one attached hydrogen (secondary N) is 2. The molecule has 0 aromatic rings. The Balaban J connectivity index is 2.27. The summed E-state index contributed by atoms with van der Waals surface area (Å²) in [6.07, 6.45) is 2.34. The number of carboxylic acid groups (broad SMARTS) is 1. The van der Waals surface area contributed by atoms with Crippen molar-refractivity contribution >= 4 is 11.9 Å². The lowest BCUT2D eigenvalue weighted by Crippen LogP contribution is -2.49. The fraction of sp³-hybridized carbons (Fsp3) is 0.818. The predicted octanol–water partition coefficient (Wildman–Crippen LogP) is 0.355. The second-order valence-electron chi connectivity index (χ2n) is 4.88. The highest BCUT2D eigenvalue weighted by Crippen LogP contribution is 2.14. The van der Waals surface area contributed by atoms with Crippen LogP contribution < -0.4 is 10.6 Å². The van der Waals surface area contributed by atoms with E-state index in [1.807, 2.05) is 0 Å². The van der Waals surface area contributed by atoms with Crippen LogP contribution in [0, 0.1) is 5.92 Å². The van der Waals surface area contributed by atoms with E-state index in [0.29, 0.717) is 12.3 Å². The van der Waals surface area contributed by atoms with Crippen LogP contribution in [0.3, 0.4) is 0 Å². The summed E-state index contributed by atoms with van der Waals surface area (Å²) >= 11 is 0. The molecule has 1 fully saturated rings. The molecule has 1 saturated heterocycles. The zero-order valence-corrected chi connectivity index (χ0v) is 9.88. The molecule has 92 valence electrons. The molecule has 0 saturated carbocycles. The molecule has 0 aliphatic carbocycles. The van der Waals surface area contributed by atoms with Gasteiger partial charge in [0.25, 0.3) is 0 Å². The van der Waals surface area contributed by atoms with E-state index >= 15 is 0 Å². The number of carboxylic acids is 1. The standard InChI is InChI=1S/C11H20N2O3/c1-11(2,10(15)16)13-9(14)4-3-8-5-6-12-7-8/h8,12H,3-7H2,1-2H3,(H,13,14)(H,15,16). The number of carbonyl (C=O) groups is 2. The van der Waals surface area contributed by atoms with Gasteiger partial charge in [-0.3, -0.25) is 4.79 Å². The summed E-state index contributed by atoms with van der Waals surface area (Å²) in [6, 6.07) is 0. The van der Waals surface area contributed by atoms with E-state index < -0.39 is 11.5 Å². The van der Waals surface area contributed by atoms with Crippen molar-refractivity contribution in [1.82, 2.24) is 10.6 Å². The topological polar surface area (TPSA) is 78.4 Å². The normalized spacial score (nSPS) is 20.8. The Morgan fingerprint density at radius 1 is 1.50 bits per heavy atom. The maximum atomic E-state index is 11.5. The van der Waals surface area contributed by atoms with Crippen LogP contribution in [0.25, 0.3) is 0 Å². The lowest BCUT2D eigenvalue weighted by atomic mass is 10.0. The molecular weight excluding hydrogens is 208 g/mol. The average Bonchev–Trinajstić information content (AvgIpc) is 2.66. The third-order valence-corrected chi connectivity index (χ3v) is 2.93. The molecular formula is C11H20N2O3. The van der Waals surface area contributed by atoms with Gasteiger partial charge in [-0.05, 0) is 45.7 Å². The van der Waals surface area contributed by atoms with E-state index in [0.717, 1.165) is 25.9 Å². The van der Waals surface area contributed by atoms with Crippen molar-refractivity contribution in [3.8, 4) is 0 Å². The molecule has 0 spiro atoms. The van der Waals surface area contributed by atoms with Crippen molar-refractivity contribution in [3.63, 3.8) is 0 Å². The molecule has 0 aromatic heterocycles. The fourth-order valence-corrected chi connectivity index (χ4v) is 1.76. The predicted molar refractivity (Wildman–Crippen MR) is 60.1 cm³/mol. The molecule has 16 heavy (non-hydrogen) atoms. The molecule has 1 amide bonds. The lowest BCUT2D eigenvalue weighted by molar-refractivity contribution is -0.146. The number of aliphatic carboxylic acids is 1. The van der Waals surface area contributed by atoms with Crippen LogP contribution in [0.4, 0.5) is 0 Å². The molecule has 1 heterocycles. The Morgan fingerprint density at radius 2 is 2.19 bits per heavy atom.